The summed E-state index contributed by atoms with van der Waals surface area (Å²) in [5.41, 5.74) is 3.88. The van der Waals surface area contributed by atoms with Gasteiger partial charge in [0.1, 0.15) is 11.8 Å². The average Bonchev–Trinajstić information content (AvgIpc) is 2.80. The lowest BCUT2D eigenvalue weighted by Crippen LogP contribution is -2.29. The monoisotopic (exact) mass is 273 g/mol. The topological polar surface area (TPSA) is 62.5 Å². The predicted molar refractivity (Wildman–Crippen MR) is 76.6 cm³/mol. The Labute approximate surface area is 118 Å². The van der Waals surface area contributed by atoms with Crippen LogP contribution in [0.25, 0.3) is 0 Å². The third-order valence-electron chi connectivity index (χ3n) is 3.67. The number of aliphatic carboxylic acids is 1. The van der Waals surface area contributed by atoms with Gasteiger partial charge in [-0.15, -0.1) is 0 Å². The molecule has 20 heavy (non-hydrogen) atoms. The van der Waals surface area contributed by atoms with Gasteiger partial charge >= 0.3 is 5.97 Å². The Hall–Kier alpha value is -2.07. The average molecular weight is 273 g/mol. The van der Waals surface area contributed by atoms with Crippen LogP contribution in [0, 0.1) is 20.8 Å². The van der Waals surface area contributed by atoms with Crippen LogP contribution in [0.4, 0.5) is 0 Å². The second kappa shape index (κ2) is 5.92. The van der Waals surface area contributed by atoms with Gasteiger partial charge in [-0.2, -0.15) is 0 Å². The summed E-state index contributed by atoms with van der Waals surface area (Å²) in [5.74, 6) is -0.0672. The van der Waals surface area contributed by atoms with Crippen LogP contribution >= 0.6 is 0 Å². The fourth-order valence-electron chi connectivity index (χ4n) is 2.22. The maximum absolute atomic E-state index is 11.5. The maximum Gasteiger partial charge on any atom is 0.325 e. The number of benzene rings is 1. The Morgan fingerprint density at radius 2 is 2.05 bits per heavy atom. The van der Waals surface area contributed by atoms with Gasteiger partial charge in [0.25, 0.3) is 0 Å². The van der Waals surface area contributed by atoms with E-state index < -0.39 is 12.0 Å². The highest BCUT2D eigenvalue weighted by Gasteiger charge is 2.21. The van der Waals surface area contributed by atoms with Crippen LogP contribution in [0.3, 0.4) is 0 Å². The van der Waals surface area contributed by atoms with Crippen molar-refractivity contribution < 1.29 is 14.3 Å². The molecule has 0 saturated carbocycles. The molecule has 1 aromatic carbocycles. The molecule has 1 unspecified atom stereocenters. The molecule has 0 aliphatic heterocycles. The third kappa shape index (κ3) is 2.91. The van der Waals surface area contributed by atoms with Gasteiger partial charge in [0.15, 0.2) is 0 Å². The van der Waals surface area contributed by atoms with E-state index in [4.69, 9.17) is 4.42 Å². The largest absolute Gasteiger partial charge is 0.480 e. The molecule has 4 nitrogen and oxygen atoms in total. The third-order valence-corrected chi connectivity index (χ3v) is 3.67. The number of carboxylic acid groups (broad SMARTS) is 1. The lowest BCUT2D eigenvalue weighted by atomic mass is 9.97. The summed E-state index contributed by atoms with van der Waals surface area (Å²) in [6.07, 6.45) is 1.61. The van der Waals surface area contributed by atoms with E-state index in [1.165, 1.54) is 0 Å². The Bertz CT molecular complexity index is 616. The van der Waals surface area contributed by atoms with Gasteiger partial charge in [0, 0.05) is 12.1 Å². The molecule has 0 aliphatic rings. The first-order valence-electron chi connectivity index (χ1n) is 6.56. The molecule has 0 fully saturated rings. The zero-order chi connectivity index (χ0) is 14.7. The highest BCUT2D eigenvalue weighted by Crippen LogP contribution is 2.21. The zero-order valence-corrected chi connectivity index (χ0v) is 11.9. The molecule has 2 rings (SSSR count). The molecule has 2 aromatic rings. The molecule has 0 radical (unpaired) electrons. The second-order valence-electron chi connectivity index (χ2n) is 4.94. The van der Waals surface area contributed by atoms with Crippen molar-refractivity contribution in [2.45, 2.75) is 33.4 Å². The van der Waals surface area contributed by atoms with Crippen molar-refractivity contribution in [1.82, 2.24) is 5.32 Å². The molecule has 106 valence electrons. The molecule has 1 atom stereocenters. The van der Waals surface area contributed by atoms with Crippen LogP contribution in [-0.4, -0.2) is 11.1 Å². The summed E-state index contributed by atoms with van der Waals surface area (Å²) in [5, 5.41) is 12.5. The van der Waals surface area contributed by atoms with Gasteiger partial charge in [-0.3, -0.25) is 10.1 Å². The Kier molecular flexibility index (Phi) is 4.25. The molecule has 4 heteroatoms. The molecule has 0 spiro atoms. The van der Waals surface area contributed by atoms with Crippen molar-refractivity contribution in [1.29, 1.82) is 0 Å². The Balaban J connectivity index is 2.22. The second-order valence-corrected chi connectivity index (χ2v) is 4.94. The van der Waals surface area contributed by atoms with Crippen molar-refractivity contribution in [3.63, 3.8) is 0 Å². The fraction of sp³-hybridized carbons (Fsp3) is 0.312. The van der Waals surface area contributed by atoms with E-state index in [-0.39, 0.29) is 0 Å². The smallest absolute Gasteiger partial charge is 0.325 e. The highest BCUT2D eigenvalue weighted by molar-refractivity contribution is 5.76. The minimum atomic E-state index is -0.875. The van der Waals surface area contributed by atoms with E-state index in [9.17, 15) is 9.90 Å². The number of nitrogens with one attached hydrogen (secondary N) is 1. The lowest BCUT2D eigenvalue weighted by Gasteiger charge is -2.18. The summed E-state index contributed by atoms with van der Waals surface area (Å²) in [6, 6.07) is 6.86. The van der Waals surface area contributed by atoms with Crippen molar-refractivity contribution >= 4 is 5.97 Å². The molecule has 0 amide bonds. The zero-order valence-electron chi connectivity index (χ0n) is 11.9. The summed E-state index contributed by atoms with van der Waals surface area (Å²) < 4.78 is 5.22. The van der Waals surface area contributed by atoms with Crippen LogP contribution in [0.15, 0.2) is 34.9 Å². The number of rotatable bonds is 5. The lowest BCUT2D eigenvalue weighted by molar-refractivity contribution is -0.139. The molecular formula is C16H19NO3. The van der Waals surface area contributed by atoms with Gasteiger partial charge < -0.3 is 9.52 Å². The number of hydrogen-bond donors (Lipinski definition) is 2. The number of carbonyl (C=O) groups is 1. The van der Waals surface area contributed by atoms with Crippen molar-refractivity contribution in [2.24, 2.45) is 0 Å². The van der Waals surface area contributed by atoms with Gasteiger partial charge in [0.05, 0.1) is 6.26 Å². The van der Waals surface area contributed by atoms with Gasteiger partial charge in [-0.1, -0.05) is 18.2 Å². The maximum atomic E-state index is 11.5. The summed E-state index contributed by atoms with van der Waals surface area (Å²) in [4.78, 5) is 11.5. The van der Waals surface area contributed by atoms with Crippen molar-refractivity contribution in [3.05, 3.63) is 58.5 Å². The molecule has 2 N–H and O–H groups in total. The van der Waals surface area contributed by atoms with E-state index >= 15 is 0 Å². The Morgan fingerprint density at radius 1 is 1.30 bits per heavy atom. The van der Waals surface area contributed by atoms with Crippen LogP contribution in [0.2, 0.25) is 0 Å². The van der Waals surface area contributed by atoms with Gasteiger partial charge in [-0.05, 0) is 43.5 Å². The molecule has 0 aliphatic carbocycles. The van der Waals surface area contributed by atoms with Crippen LogP contribution in [0.1, 0.15) is 34.1 Å². The first-order valence-corrected chi connectivity index (χ1v) is 6.56. The first kappa shape index (κ1) is 14.3. The van der Waals surface area contributed by atoms with Crippen LogP contribution in [-0.2, 0) is 11.3 Å². The van der Waals surface area contributed by atoms with Crippen LogP contribution in [0.5, 0.6) is 0 Å². The summed E-state index contributed by atoms with van der Waals surface area (Å²) >= 11 is 0. The Morgan fingerprint density at radius 3 is 2.65 bits per heavy atom. The normalized spacial score (nSPS) is 12.3. The minimum Gasteiger partial charge on any atom is -0.480 e. The number of carboxylic acids is 1. The molecule has 1 aromatic heterocycles. The highest BCUT2D eigenvalue weighted by atomic mass is 16.4. The van der Waals surface area contributed by atoms with Crippen LogP contribution < -0.4 is 5.32 Å². The number of aryl methyl sites for hydroxylation is 2. The molecule has 1 heterocycles. The molecular weight excluding hydrogens is 254 g/mol. The fourth-order valence-corrected chi connectivity index (χ4v) is 2.22. The standard InChI is InChI=1S/C16H19NO3/c1-10-5-4-6-14(11(10)2)15(16(18)19)17-9-13-7-8-20-12(13)3/h4-8,15,17H,9H2,1-3H3,(H,18,19). The van der Waals surface area contributed by atoms with Crippen molar-refractivity contribution in [3.8, 4) is 0 Å². The molecule has 0 saturated heterocycles. The van der Waals surface area contributed by atoms with Crippen molar-refractivity contribution in [2.75, 3.05) is 0 Å². The van der Waals surface area contributed by atoms with E-state index in [1.54, 1.807) is 6.26 Å². The quantitative estimate of drug-likeness (QED) is 0.878. The van der Waals surface area contributed by atoms with E-state index in [1.807, 2.05) is 45.0 Å². The molecule has 0 bridgehead atoms. The van der Waals surface area contributed by atoms with E-state index in [0.717, 1.165) is 28.0 Å². The van der Waals surface area contributed by atoms with Gasteiger partial charge in [-0.25, -0.2) is 0 Å². The minimum absolute atomic E-state index is 0.465. The first-order chi connectivity index (χ1) is 9.50. The predicted octanol–water partition coefficient (Wildman–Crippen LogP) is 3.12. The summed E-state index contributed by atoms with van der Waals surface area (Å²) in [6.45, 7) is 6.26. The number of hydrogen-bond acceptors (Lipinski definition) is 3. The van der Waals surface area contributed by atoms with Gasteiger partial charge in [0.2, 0.25) is 0 Å². The van der Waals surface area contributed by atoms with E-state index in [2.05, 4.69) is 5.32 Å². The summed E-state index contributed by atoms with van der Waals surface area (Å²) in [7, 11) is 0. The van der Waals surface area contributed by atoms with E-state index in [0.29, 0.717) is 6.54 Å². The SMILES string of the molecule is Cc1cccc(C(NCc2ccoc2C)C(=O)O)c1C. The number of furan rings is 1.